The van der Waals surface area contributed by atoms with E-state index in [1.165, 1.54) is 0 Å². The first-order valence-electron chi connectivity index (χ1n) is 5.10. The highest BCUT2D eigenvalue weighted by atomic mass is 35.5. The van der Waals surface area contributed by atoms with E-state index in [1.54, 1.807) is 7.11 Å². The van der Waals surface area contributed by atoms with Crippen LogP contribution in [0.25, 0.3) is 0 Å². The number of alkyl halides is 1. The van der Waals surface area contributed by atoms with Crippen LogP contribution < -0.4 is 4.72 Å². The van der Waals surface area contributed by atoms with Crippen LogP contribution in [-0.4, -0.2) is 39.8 Å². The van der Waals surface area contributed by atoms with Crippen molar-refractivity contribution in [3.63, 3.8) is 0 Å². The highest BCUT2D eigenvalue weighted by molar-refractivity contribution is 7.89. The van der Waals surface area contributed by atoms with E-state index in [0.29, 0.717) is 18.9 Å². The zero-order chi connectivity index (χ0) is 11.7. The van der Waals surface area contributed by atoms with Crippen LogP contribution in [0.4, 0.5) is 0 Å². The zero-order valence-corrected chi connectivity index (χ0v) is 10.9. The Labute approximate surface area is 97.4 Å². The molecule has 0 aliphatic heterocycles. The quantitative estimate of drug-likeness (QED) is 0.501. The van der Waals surface area contributed by atoms with Crippen LogP contribution in [0.5, 0.6) is 0 Å². The minimum Gasteiger partial charge on any atom is -0.383 e. The van der Waals surface area contributed by atoms with Gasteiger partial charge in [0.1, 0.15) is 0 Å². The lowest BCUT2D eigenvalue weighted by Crippen LogP contribution is -2.38. The van der Waals surface area contributed by atoms with Crippen molar-refractivity contribution in [1.82, 2.24) is 4.72 Å². The van der Waals surface area contributed by atoms with E-state index < -0.39 is 10.0 Å². The van der Waals surface area contributed by atoms with Gasteiger partial charge in [-0.3, -0.25) is 0 Å². The maximum Gasteiger partial charge on any atom is 0.211 e. The molecule has 0 radical (unpaired) electrons. The normalized spacial score (nSPS) is 14.1. The molecule has 0 aliphatic rings. The smallest absolute Gasteiger partial charge is 0.211 e. The molecule has 0 aromatic heterocycles. The average molecular weight is 258 g/mol. The lowest BCUT2D eigenvalue weighted by atomic mass is 10.3. The van der Waals surface area contributed by atoms with Crippen LogP contribution in [0.1, 0.15) is 26.2 Å². The molecule has 1 atom stereocenters. The van der Waals surface area contributed by atoms with Crippen molar-refractivity contribution >= 4 is 21.6 Å². The molecule has 0 amide bonds. The minimum absolute atomic E-state index is 0.129. The number of methoxy groups -OCH3 is 1. The van der Waals surface area contributed by atoms with Crippen molar-refractivity contribution < 1.29 is 13.2 Å². The SMILES string of the molecule is CCC(COC)NS(=O)(=O)CCCCCl. The minimum atomic E-state index is -3.18. The first-order valence-corrected chi connectivity index (χ1v) is 7.29. The zero-order valence-electron chi connectivity index (χ0n) is 9.33. The Kier molecular flexibility index (Phi) is 8.42. The molecule has 0 aromatic rings. The van der Waals surface area contributed by atoms with Gasteiger partial charge in [-0.2, -0.15) is 0 Å². The Morgan fingerprint density at radius 1 is 1.40 bits per heavy atom. The van der Waals surface area contributed by atoms with E-state index in [9.17, 15) is 8.42 Å². The lowest BCUT2D eigenvalue weighted by molar-refractivity contribution is 0.173. The van der Waals surface area contributed by atoms with E-state index in [-0.39, 0.29) is 11.8 Å². The molecule has 6 heteroatoms. The van der Waals surface area contributed by atoms with Gasteiger partial charge in [0, 0.05) is 19.0 Å². The summed E-state index contributed by atoms with van der Waals surface area (Å²) in [5.41, 5.74) is 0. The lowest BCUT2D eigenvalue weighted by Gasteiger charge is -2.15. The van der Waals surface area contributed by atoms with Crippen LogP contribution in [0, 0.1) is 0 Å². The first-order chi connectivity index (χ1) is 7.05. The fraction of sp³-hybridized carbons (Fsp3) is 1.00. The molecule has 4 nitrogen and oxygen atoms in total. The molecule has 92 valence electrons. The van der Waals surface area contributed by atoms with E-state index >= 15 is 0 Å². The predicted octanol–water partition coefficient (Wildman–Crippen LogP) is 1.35. The standard InChI is InChI=1S/C9H20ClNO3S/c1-3-9(8-14-2)11-15(12,13)7-5-4-6-10/h9,11H,3-8H2,1-2H3. The van der Waals surface area contributed by atoms with Crippen molar-refractivity contribution in [2.45, 2.75) is 32.2 Å². The first kappa shape index (κ1) is 15.2. The number of sulfonamides is 1. The van der Waals surface area contributed by atoms with Crippen molar-refractivity contribution in [3.8, 4) is 0 Å². The molecule has 0 saturated carbocycles. The van der Waals surface area contributed by atoms with Crippen molar-refractivity contribution in [2.75, 3.05) is 25.3 Å². The van der Waals surface area contributed by atoms with E-state index in [4.69, 9.17) is 16.3 Å². The van der Waals surface area contributed by atoms with Gasteiger partial charge < -0.3 is 4.74 Å². The molecule has 0 aromatic carbocycles. The maximum absolute atomic E-state index is 11.5. The summed E-state index contributed by atoms with van der Waals surface area (Å²) in [5.74, 6) is 0.644. The number of hydrogen-bond donors (Lipinski definition) is 1. The molecular formula is C9H20ClNO3S. The second-order valence-electron chi connectivity index (χ2n) is 3.39. The summed E-state index contributed by atoms with van der Waals surface area (Å²) in [4.78, 5) is 0. The average Bonchev–Trinajstić information content (AvgIpc) is 2.17. The second kappa shape index (κ2) is 8.33. The molecule has 1 unspecified atom stereocenters. The monoisotopic (exact) mass is 257 g/mol. The van der Waals surface area contributed by atoms with Crippen LogP contribution in [0.3, 0.4) is 0 Å². The molecule has 0 saturated heterocycles. The van der Waals surface area contributed by atoms with E-state index in [1.807, 2.05) is 6.92 Å². The number of ether oxygens (including phenoxy) is 1. The number of halogens is 1. The Balaban J connectivity index is 3.99. The molecule has 0 heterocycles. The van der Waals surface area contributed by atoms with Gasteiger partial charge in [-0.25, -0.2) is 13.1 Å². The summed E-state index contributed by atoms with van der Waals surface area (Å²) in [6.45, 7) is 2.33. The molecule has 0 aliphatic carbocycles. The van der Waals surface area contributed by atoms with Crippen LogP contribution in [0.15, 0.2) is 0 Å². The topological polar surface area (TPSA) is 55.4 Å². The van der Waals surface area contributed by atoms with Crippen molar-refractivity contribution in [2.24, 2.45) is 0 Å². The van der Waals surface area contributed by atoms with Crippen molar-refractivity contribution in [1.29, 1.82) is 0 Å². The summed E-state index contributed by atoms with van der Waals surface area (Å²) in [6.07, 6.45) is 2.05. The summed E-state index contributed by atoms with van der Waals surface area (Å²) in [6, 6.07) is -0.129. The molecular weight excluding hydrogens is 238 g/mol. The molecule has 0 rings (SSSR count). The number of rotatable bonds is 9. The Morgan fingerprint density at radius 2 is 2.07 bits per heavy atom. The van der Waals surface area contributed by atoms with Gasteiger partial charge in [0.15, 0.2) is 0 Å². The summed E-state index contributed by atoms with van der Waals surface area (Å²) in [5, 5.41) is 0. The second-order valence-corrected chi connectivity index (χ2v) is 5.64. The molecule has 0 fully saturated rings. The summed E-state index contributed by atoms with van der Waals surface area (Å²) < 4.78 is 30.6. The van der Waals surface area contributed by atoms with Gasteiger partial charge in [-0.1, -0.05) is 6.92 Å². The Morgan fingerprint density at radius 3 is 2.53 bits per heavy atom. The number of unbranched alkanes of at least 4 members (excludes halogenated alkanes) is 1. The number of nitrogens with one attached hydrogen (secondary N) is 1. The highest BCUT2D eigenvalue weighted by Gasteiger charge is 2.15. The van der Waals surface area contributed by atoms with Crippen LogP contribution in [0.2, 0.25) is 0 Å². The van der Waals surface area contributed by atoms with Gasteiger partial charge >= 0.3 is 0 Å². The summed E-state index contributed by atoms with van der Waals surface area (Å²) in [7, 11) is -1.62. The number of hydrogen-bond acceptors (Lipinski definition) is 3. The molecule has 0 spiro atoms. The molecule has 15 heavy (non-hydrogen) atoms. The van der Waals surface area contributed by atoms with Gasteiger partial charge in [-0.15, -0.1) is 11.6 Å². The van der Waals surface area contributed by atoms with Gasteiger partial charge in [-0.05, 0) is 19.3 Å². The van der Waals surface area contributed by atoms with Gasteiger partial charge in [0.05, 0.1) is 12.4 Å². The van der Waals surface area contributed by atoms with Gasteiger partial charge in [0.25, 0.3) is 0 Å². The third-order valence-electron chi connectivity index (χ3n) is 2.00. The van der Waals surface area contributed by atoms with Crippen LogP contribution in [-0.2, 0) is 14.8 Å². The largest absolute Gasteiger partial charge is 0.383 e. The fourth-order valence-electron chi connectivity index (χ4n) is 1.14. The predicted molar refractivity (Wildman–Crippen MR) is 62.8 cm³/mol. The van der Waals surface area contributed by atoms with Gasteiger partial charge in [0.2, 0.25) is 10.0 Å². The third-order valence-corrected chi connectivity index (χ3v) is 3.79. The Hall–Kier alpha value is 0.160. The van der Waals surface area contributed by atoms with E-state index in [0.717, 1.165) is 12.8 Å². The third kappa shape index (κ3) is 8.02. The highest BCUT2D eigenvalue weighted by Crippen LogP contribution is 2.00. The molecule has 0 bridgehead atoms. The fourth-order valence-corrected chi connectivity index (χ4v) is 2.77. The van der Waals surface area contributed by atoms with Crippen molar-refractivity contribution in [3.05, 3.63) is 0 Å². The summed E-state index contributed by atoms with van der Waals surface area (Å²) >= 11 is 5.48. The van der Waals surface area contributed by atoms with E-state index in [2.05, 4.69) is 4.72 Å². The molecule has 1 N–H and O–H groups in total. The maximum atomic E-state index is 11.5. The van der Waals surface area contributed by atoms with Crippen LogP contribution >= 0.6 is 11.6 Å². The Bertz CT molecular complexity index is 244.